The largest absolute Gasteiger partial charge is 0.493 e. The molecular formula is C22H37N3O4. The fraction of sp³-hybridized carbons (Fsp3) is 0.682. The third-order valence-corrected chi connectivity index (χ3v) is 4.70. The first-order chi connectivity index (χ1) is 14.2. The van der Waals surface area contributed by atoms with E-state index in [2.05, 4.69) is 22.5 Å². The number of para-hydroxylation sites is 2. The molecule has 1 heterocycles. The molecule has 1 aromatic rings. The number of hydrogen-bond acceptors (Lipinski definition) is 5. The van der Waals surface area contributed by atoms with Crippen molar-refractivity contribution in [1.82, 2.24) is 10.6 Å². The van der Waals surface area contributed by atoms with Crippen molar-refractivity contribution < 1.29 is 18.9 Å². The lowest BCUT2D eigenvalue weighted by Gasteiger charge is -2.21. The second-order valence-electron chi connectivity index (χ2n) is 7.21. The van der Waals surface area contributed by atoms with Crippen molar-refractivity contribution in [3.63, 3.8) is 0 Å². The standard InChI is InChI=1S/C22H37N3O4/c1-4-23-22(24-12-7-13-28-17-19-10-14-27-15-11-19)25-16-18(2)29-21-9-6-5-8-20(21)26-3/h5-6,8-9,18-19H,4,7,10-17H2,1-3H3,(H2,23,24,25). The Balaban J connectivity index is 1.65. The Morgan fingerprint density at radius 3 is 2.69 bits per heavy atom. The van der Waals surface area contributed by atoms with Crippen molar-refractivity contribution in [2.24, 2.45) is 10.9 Å². The van der Waals surface area contributed by atoms with Gasteiger partial charge in [-0.05, 0) is 51.2 Å². The lowest BCUT2D eigenvalue weighted by molar-refractivity contribution is 0.0203. The van der Waals surface area contributed by atoms with Gasteiger partial charge in [0, 0.05) is 39.5 Å². The second kappa shape index (κ2) is 14.1. The van der Waals surface area contributed by atoms with E-state index in [9.17, 15) is 0 Å². The molecule has 7 nitrogen and oxygen atoms in total. The number of methoxy groups -OCH3 is 1. The van der Waals surface area contributed by atoms with Gasteiger partial charge in [0.25, 0.3) is 0 Å². The van der Waals surface area contributed by atoms with Crippen LogP contribution in [-0.4, -0.2) is 65.2 Å². The normalized spacial score (nSPS) is 16.3. The molecule has 0 radical (unpaired) electrons. The summed E-state index contributed by atoms with van der Waals surface area (Å²) in [5, 5.41) is 6.63. The molecule has 7 heteroatoms. The lowest BCUT2D eigenvalue weighted by Crippen LogP contribution is -2.38. The van der Waals surface area contributed by atoms with Crippen LogP contribution in [0.25, 0.3) is 0 Å². The van der Waals surface area contributed by atoms with Gasteiger partial charge in [-0.3, -0.25) is 0 Å². The van der Waals surface area contributed by atoms with E-state index in [1.54, 1.807) is 7.11 Å². The van der Waals surface area contributed by atoms with E-state index >= 15 is 0 Å². The number of nitrogens with one attached hydrogen (secondary N) is 2. The highest BCUT2D eigenvalue weighted by atomic mass is 16.5. The first kappa shape index (κ1) is 23.3. The summed E-state index contributed by atoms with van der Waals surface area (Å²) in [6.07, 6.45) is 3.11. The molecule has 2 N–H and O–H groups in total. The molecule has 1 unspecified atom stereocenters. The Morgan fingerprint density at radius 2 is 1.97 bits per heavy atom. The topological polar surface area (TPSA) is 73.3 Å². The van der Waals surface area contributed by atoms with Crippen molar-refractivity contribution in [1.29, 1.82) is 0 Å². The molecule has 0 spiro atoms. The monoisotopic (exact) mass is 407 g/mol. The SMILES string of the molecule is CCNC(=NCC(C)Oc1ccccc1OC)NCCCOCC1CCOCC1. The Morgan fingerprint density at radius 1 is 1.21 bits per heavy atom. The van der Waals surface area contributed by atoms with E-state index < -0.39 is 0 Å². The van der Waals surface area contributed by atoms with Gasteiger partial charge in [0.1, 0.15) is 6.10 Å². The fourth-order valence-electron chi connectivity index (χ4n) is 3.08. The zero-order valence-electron chi connectivity index (χ0n) is 18.1. The van der Waals surface area contributed by atoms with Crippen molar-refractivity contribution in [3.8, 4) is 11.5 Å². The van der Waals surface area contributed by atoms with E-state index in [0.29, 0.717) is 12.5 Å². The highest BCUT2D eigenvalue weighted by Crippen LogP contribution is 2.26. The highest BCUT2D eigenvalue weighted by molar-refractivity contribution is 5.79. The Kier molecular flexibility index (Phi) is 11.3. The van der Waals surface area contributed by atoms with Crippen LogP contribution in [0.1, 0.15) is 33.1 Å². The molecule has 1 atom stereocenters. The number of ether oxygens (including phenoxy) is 4. The van der Waals surface area contributed by atoms with Gasteiger partial charge in [-0.2, -0.15) is 0 Å². The van der Waals surface area contributed by atoms with Crippen LogP contribution in [0, 0.1) is 5.92 Å². The van der Waals surface area contributed by atoms with Gasteiger partial charge in [-0.25, -0.2) is 4.99 Å². The van der Waals surface area contributed by atoms with Crippen molar-refractivity contribution >= 4 is 5.96 Å². The van der Waals surface area contributed by atoms with Crippen LogP contribution in [0.5, 0.6) is 11.5 Å². The molecule has 1 fully saturated rings. The van der Waals surface area contributed by atoms with Crippen LogP contribution in [0.2, 0.25) is 0 Å². The minimum atomic E-state index is -0.0652. The van der Waals surface area contributed by atoms with Crippen LogP contribution in [0.3, 0.4) is 0 Å². The summed E-state index contributed by atoms with van der Waals surface area (Å²) in [5.74, 6) is 2.92. The summed E-state index contributed by atoms with van der Waals surface area (Å²) in [6.45, 7) is 9.59. The van der Waals surface area contributed by atoms with Crippen LogP contribution in [0.15, 0.2) is 29.3 Å². The zero-order valence-corrected chi connectivity index (χ0v) is 18.1. The molecule has 0 amide bonds. The molecule has 1 aliphatic rings. The number of benzene rings is 1. The average molecular weight is 408 g/mol. The minimum Gasteiger partial charge on any atom is -0.493 e. The van der Waals surface area contributed by atoms with Gasteiger partial charge in [0.15, 0.2) is 17.5 Å². The van der Waals surface area contributed by atoms with Gasteiger partial charge >= 0.3 is 0 Å². The number of hydrogen-bond donors (Lipinski definition) is 2. The van der Waals surface area contributed by atoms with E-state index in [1.807, 2.05) is 31.2 Å². The molecule has 29 heavy (non-hydrogen) atoms. The quantitative estimate of drug-likeness (QED) is 0.315. The predicted molar refractivity (Wildman–Crippen MR) is 116 cm³/mol. The first-order valence-corrected chi connectivity index (χ1v) is 10.7. The molecule has 0 saturated carbocycles. The summed E-state index contributed by atoms with van der Waals surface area (Å²) in [5.41, 5.74) is 0. The van der Waals surface area contributed by atoms with Gasteiger partial charge in [-0.15, -0.1) is 0 Å². The van der Waals surface area contributed by atoms with Crippen molar-refractivity contribution in [2.75, 3.05) is 53.2 Å². The van der Waals surface area contributed by atoms with Crippen LogP contribution in [-0.2, 0) is 9.47 Å². The van der Waals surface area contributed by atoms with E-state index in [4.69, 9.17) is 18.9 Å². The summed E-state index contributed by atoms with van der Waals surface area (Å²) in [4.78, 5) is 4.63. The average Bonchev–Trinajstić information content (AvgIpc) is 2.75. The maximum absolute atomic E-state index is 5.96. The Labute approximate surface area is 175 Å². The van der Waals surface area contributed by atoms with E-state index in [-0.39, 0.29) is 6.10 Å². The van der Waals surface area contributed by atoms with Crippen LogP contribution >= 0.6 is 0 Å². The third-order valence-electron chi connectivity index (χ3n) is 4.70. The third kappa shape index (κ3) is 9.37. The molecule has 2 rings (SSSR count). The maximum Gasteiger partial charge on any atom is 0.191 e. The van der Waals surface area contributed by atoms with E-state index in [0.717, 1.165) is 76.2 Å². The summed E-state index contributed by atoms with van der Waals surface area (Å²) >= 11 is 0. The van der Waals surface area contributed by atoms with Gasteiger partial charge in [0.05, 0.1) is 13.7 Å². The van der Waals surface area contributed by atoms with Crippen molar-refractivity contribution in [3.05, 3.63) is 24.3 Å². The minimum absolute atomic E-state index is 0.0652. The number of guanidine groups is 1. The smallest absolute Gasteiger partial charge is 0.191 e. The summed E-state index contributed by atoms with van der Waals surface area (Å²) < 4.78 is 22.5. The summed E-state index contributed by atoms with van der Waals surface area (Å²) in [7, 11) is 1.64. The Hall–Kier alpha value is -1.99. The lowest BCUT2D eigenvalue weighted by atomic mass is 10.0. The molecule has 0 bridgehead atoms. The molecule has 164 valence electrons. The van der Waals surface area contributed by atoms with Crippen LogP contribution < -0.4 is 20.1 Å². The molecule has 1 saturated heterocycles. The molecule has 1 aromatic carbocycles. The number of aliphatic imine (C=N–C) groups is 1. The molecule has 1 aliphatic heterocycles. The number of rotatable bonds is 12. The zero-order chi connectivity index (χ0) is 20.7. The Bertz CT molecular complexity index is 591. The predicted octanol–water partition coefficient (Wildman–Crippen LogP) is 2.85. The molecular weight excluding hydrogens is 370 g/mol. The first-order valence-electron chi connectivity index (χ1n) is 10.7. The molecule has 0 aromatic heterocycles. The fourth-order valence-corrected chi connectivity index (χ4v) is 3.08. The van der Waals surface area contributed by atoms with Gasteiger partial charge in [-0.1, -0.05) is 12.1 Å². The second-order valence-corrected chi connectivity index (χ2v) is 7.21. The highest BCUT2D eigenvalue weighted by Gasteiger charge is 2.13. The van der Waals surface area contributed by atoms with Gasteiger partial charge in [0.2, 0.25) is 0 Å². The van der Waals surface area contributed by atoms with Crippen molar-refractivity contribution in [2.45, 2.75) is 39.2 Å². The van der Waals surface area contributed by atoms with Gasteiger partial charge < -0.3 is 29.6 Å². The maximum atomic E-state index is 5.96. The van der Waals surface area contributed by atoms with E-state index in [1.165, 1.54) is 0 Å². The number of nitrogens with zero attached hydrogens (tertiary/aromatic N) is 1. The van der Waals surface area contributed by atoms with Crippen LogP contribution in [0.4, 0.5) is 0 Å². The summed E-state index contributed by atoms with van der Waals surface area (Å²) in [6, 6.07) is 7.66. The molecule has 0 aliphatic carbocycles.